The van der Waals surface area contributed by atoms with Crippen molar-refractivity contribution in [2.45, 2.75) is 98.0 Å². The van der Waals surface area contributed by atoms with E-state index in [1.54, 1.807) is 0 Å². The summed E-state index contributed by atoms with van der Waals surface area (Å²) in [5.41, 5.74) is 1.09. The quantitative estimate of drug-likeness (QED) is 0.236. The van der Waals surface area contributed by atoms with Crippen molar-refractivity contribution >= 4 is 27.1 Å². The second-order valence-corrected chi connectivity index (χ2v) is 12.7. The molecule has 3 heterocycles. The van der Waals surface area contributed by atoms with Crippen molar-refractivity contribution in [1.82, 2.24) is 9.55 Å². The molecule has 1 N–H and O–H groups in total. The Morgan fingerprint density at radius 2 is 1.84 bits per heavy atom. The van der Waals surface area contributed by atoms with Crippen molar-refractivity contribution in [1.29, 1.82) is 0 Å². The van der Waals surface area contributed by atoms with Gasteiger partial charge in [-0.1, -0.05) is 67.6 Å². The lowest BCUT2D eigenvalue weighted by molar-refractivity contribution is -0.0230. The first-order chi connectivity index (χ1) is 17.8. The van der Waals surface area contributed by atoms with Gasteiger partial charge in [0.25, 0.3) is 0 Å². The first-order valence-corrected chi connectivity index (χ1v) is 14.4. The molecule has 4 rings (SSSR count). The van der Waals surface area contributed by atoms with E-state index in [0.717, 1.165) is 5.56 Å². The van der Waals surface area contributed by atoms with Crippen LogP contribution in [0.15, 0.2) is 17.1 Å². The molecule has 0 spiro atoms. The zero-order valence-electron chi connectivity index (χ0n) is 23.3. The Labute approximate surface area is 229 Å². The number of fused-ring (bicyclic) bond motifs is 1. The van der Waals surface area contributed by atoms with Crippen LogP contribution in [0.5, 0.6) is 5.75 Å². The molecular weight excluding hydrogens is 530 g/mol. The molecule has 1 saturated heterocycles. The predicted molar refractivity (Wildman–Crippen MR) is 148 cm³/mol. The average Bonchev–Trinajstić information content (AvgIpc) is 3.31. The number of halogens is 1. The fourth-order valence-electron chi connectivity index (χ4n) is 4.27. The number of H-pyrrole nitrogens is 1. The van der Waals surface area contributed by atoms with Gasteiger partial charge in [0.2, 0.25) is 0 Å². The molecule has 2 aliphatic heterocycles. The number of carbonyl (C=O) groups excluding carboxylic acids is 1. The van der Waals surface area contributed by atoms with E-state index >= 15 is 4.39 Å². The molecule has 2 aliphatic rings. The maximum absolute atomic E-state index is 15.4. The largest absolute Gasteiger partial charge is 0.426 e. The minimum atomic E-state index is -1.76. The number of hydrogen-bond acceptors (Lipinski definition) is 7. The molecule has 3 atom stereocenters. The van der Waals surface area contributed by atoms with Gasteiger partial charge in [0.05, 0.1) is 30.4 Å². The Hall–Kier alpha value is -1.97. The van der Waals surface area contributed by atoms with E-state index in [0.29, 0.717) is 36.0 Å². The van der Waals surface area contributed by atoms with Gasteiger partial charge in [-0.05, 0) is 35.3 Å². The van der Waals surface area contributed by atoms with E-state index in [1.165, 1.54) is 10.8 Å². The smallest absolute Gasteiger partial charge is 0.397 e. The minimum Gasteiger partial charge on any atom is -0.426 e. The van der Waals surface area contributed by atoms with E-state index < -0.39 is 20.5 Å². The third kappa shape index (κ3) is 6.59. The lowest BCUT2D eigenvalue weighted by Crippen LogP contribution is -2.28. The van der Waals surface area contributed by atoms with Gasteiger partial charge < -0.3 is 9.26 Å². The SMILES string of the molecule is CC.CC(C)(C)c1cc(C(C)(C)C)c2c(c1F)COP(OCC1CCC(n3cc(C=O)c(=S)[nH]c3=O)O1)O2. The summed E-state index contributed by atoms with van der Waals surface area (Å²) in [5, 5.41) is 0. The molecule has 0 amide bonds. The van der Waals surface area contributed by atoms with E-state index in [9.17, 15) is 9.59 Å². The number of ether oxygens (including phenoxy) is 1. The monoisotopic (exact) mass is 568 g/mol. The third-order valence-corrected chi connectivity index (χ3v) is 7.66. The highest BCUT2D eigenvalue weighted by atomic mass is 32.1. The molecule has 11 heteroatoms. The predicted octanol–water partition coefficient (Wildman–Crippen LogP) is 7.01. The Morgan fingerprint density at radius 3 is 2.45 bits per heavy atom. The number of nitrogens with one attached hydrogen (secondary N) is 1. The van der Waals surface area contributed by atoms with Crippen LogP contribution in [0.25, 0.3) is 0 Å². The summed E-state index contributed by atoms with van der Waals surface area (Å²) in [6.45, 7) is 16.4. The second kappa shape index (κ2) is 12.0. The van der Waals surface area contributed by atoms with Crippen molar-refractivity contribution in [2.24, 2.45) is 0 Å². The number of aromatic amines is 1. The highest BCUT2D eigenvalue weighted by molar-refractivity contribution is 7.71. The van der Waals surface area contributed by atoms with Gasteiger partial charge in [0.1, 0.15) is 22.4 Å². The summed E-state index contributed by atoms with van der Waals surface area (Å²) in [6, 6.07) is 1.90. The molecule has 2 aromatic rings. The zero-order valence-corrected chi connectivity index (χ0v) is 25.1. The van der Waals surface area contributed by atoms with Crippen molar-refractivity contribution in [3.8, 4) is 5.75 Å². The van der Waals surface area contributed by atoms with Crippen molar-refractivity contribution in [3.63, 3.8) is 0 Å². The molecule has 3 unspecified atom stereocenters. The van der Waals surface area contributed by atoms with Gasteiger partial charge in [0.15, 0.2) is 6.29 Å². The highest BCUT2D eigenvalue weighted by Gasteiger charge is 2.36. The number of aldehydes is 1. The van der Waals surface area contributed by atoms with E-state index in [1.807, 2.05) is 40.7 Å². The molecule has 0 bridgehead atoms. The summed E-state index contributed by atoms with van der Waals surface area (Å²) < 4.78 is 40.6. The summed E-state index contributed by atoms with van der Waals surface area (Å²) in [5.74, 6) is 0.187. The van der Waals surface area contributed by atoms with Crippen molar-refractivity contribution in [2.75, 3.05) is 6.61 Å². The number of carbonyl (C=O) groups is 1. The van der Waals surface area contributed by atoms with Crippen LogP contribution in [0.1, 0.15) is 102 Å². The van der Waals surface area contributed by atoms with Gasteiger partial charge in [-0.3, -0.25) is 23.4 Å². The van der Waals surface area contributed by atoms with Gasteiger partial charge in [0, 0.05) is 11.8 Å². The normalized spacial score (nSPS) is 21.2. The average molecular weight is 569 g/mol. The van der Waals surface area contributed by atoms with Crippen LogP contribution in [0, 0.1) is 10.5 Å². The van der Waals surface area contributed by atoms with Gasteiger partial charge in [-0.2, -0.15) is 0 Å². The lowest BCUT2D eigenvalue weighted by Gasteiger charge is -2.33. The fraction of sp³-hybridized carbons (Fsp3) is 0.593. The molecule has 210 valence electrons. The molecule has 38 heavy (non-hydrogen) atoms. The van der Waals surface area contributed by atoms with E-state index in [-0.39, 0.29) is 46.2 Å². The summed E-state index contributed by atoms with van der Waals surface area (Å²) in [4.78, 5) is 26.0. The first-order valence-electron chi connectivity index (χ1n) is 12.9. The molecule has 0 aliphatic carbocycles. The Balaban J connectivity index is 0.00000195. The first kappa shape index (κ1) is 30.6. The Kier molecular flexibility index (Phi) is 9.69. The summed E-state index contributed by atoms with van der Waals surface area (Å²) in [6.07, 6.45) is 2.36. The number of rotatable bonds is 5. The molecule has 1 aromatic heterocycles. The van der Waals surface area contributed by atoms with Crippen LogP contribution in [0.3, 0.4) is 0 Å². The maximum atomic E-state index is 15.4. The number of aromatic nitrogens is 2. The molecule has 0 radical (unpaired) electrons. The summed E-state index contributed by atoms with van der Waals surface area (Å²) in [7, 11) is -1.76. The van der Waals surface area contributed by atoms with Crippen LogP contribution in [-0.2, 0) is 31.2 Å². The molecule has 1 aromatic carbocycles. The van der Waals surface area contributed by atoms with Crippen molar-refractivity contribution in [3.05, 3.63) is 55.5 Å². The highest BCUT2D eigenvalue weighted by Crippen LogP contribution is 2.52. The topological polar surface area (TPSA) is 91.8 Å². The fourth-order valence-corrected chi connectivity index (χ4v) is 5.52. The number of nitrogens with zero attached hydrogens (tertiary/aromatic N) is 1. The van der Waals surface area contributed by atoms with Gasteiger partial charge in [-0.25, -0.2) is 9.18 Å². The van der Waals surface area contributed by atoms with E-state index in [2.05, 4.69) is 25.8 Å². The number of hydrogen-bond donors (Lipinski definition) is 1. The minimum absolute atomic E-state index is 0.0567. The van der Waals surface area contributed by atoms with Crippen LogP contribution >= 0.6 is 20.8 Å². The Morgan fingerprint density at radius 1 is 1.18 bits per heavy atom. The molecule has 8 nitrogen and oxygen atoms in total. The molecular formula is C27H38FN2O6PS. The standard InChI is InChI=1S/C25H32FN2O6PS.C2H6/c1-24(2,3)17-9-18(25(4,5)6)21-16(20(17)26)13-32-35(34-21)31-12-15-7-8-19(33-15)28-10-14(11-29)22(36)27-23(28)30;1-2/h9-11,15,19H,7-8,12-13H2,1-6H3,(H,27,30,36);1-2H3. The van der Waals surface area contributed by atoms with Crippen molar-refractivity contribution < 1.29 is 27.5 Å². The zero-order chi connectivity index (χ0) is 28.4. The molecule has 0 saturated carbocycles. The Bertz CT molecular complexity index is 1280. The van der Waals surface area contributed by atoms with Gasteiger partial charge >= 0.3 is 14.3 Å². The summed E-state index contributed by atoms with van der Waals surface area (Å²) >= 11 is 4.99. The van der Waals surface area contributed by atoms with Crippen LogP contribution in [0.2, 0.25) is 0 Å². The van der Waals surface area contributed by atoms with Crippen LogP contribution in [0.4, 0.5) is 4.39 Å². The molecule has 1 fully saturated rings. The van der Waals surface area contributed by atoms with Crippen LogP contribution < -0.4 is 10.2 Å². The van der Waals surface area contributed by atoms with Crippen LogP contribution in [-0.4, -0.2) is 28.5 Å². The maximum Gasteiger partial charge on any atom is 0.397 e. The van der Waals surface area contributed by atoms with Gasteiger partial charge in [-0.15, -0.1) is 0 Å². The lowest BCUT2D eigenvalue weighted by atomic mass is 9.78. The third-order valence-electron chi connectivity index (χ3n) is 6.29. The second-order valence-electron chi connectivity index (χ2n) is 11.1. The number of benzene rings is 1. The van der Waals surface area contributed by atoms with E-state index in [4.69, 9.17) is 30.5 Å².